The molecule has 0 radical (unpaired) electrons. The van der Waals surface area contributed by atoms with Crippen LogP contribution in [-0.4, -0.2) is 47.2 Å². The molecule has 0 aliphatic carbocycles. The van der Waals surface area contributed by atoms with Crippen molar-refractivity contribution in [3.63, 3.8) is 0 Å². The van der Waals surface area contributed by atoms with Crippen molar-refractivity contribution in [1.29, 1.82) is 0 Å². The number of benzene rings is 1. The Morgan fingerprint density at radius 1 is 1.25 bits per heavy atom. The molecule has 2 aromatic heterocycles. The lowest BCUT2D eigenvalue weighted by Crippen LogP contribution is -2.41. The summed E-state index contributed by atoms with van der Waals surface area (Å²) in [5.41, 5.74) is 1.83. The average Bonchev–Trinajstić information content (AvgIpc) is 3.25. The topological polar surface area (TPSA) is 117 Å². The number of likely N-dealkylation sites (N-methyl/N-ethyl adjacent to an activating group) is 1. The lowest BCUT2D eigenvalue weighted by molar-refractivity contribution is -0.122. The van der Waals surface area contributed by atoms with Crippen LogP contribution in [0.4, 0.5) is 21.8 Å². The number of hydrogen-bond donors (Lipinski definition) is 4. The van der Waals surface area contributed by atoms with Crippen molar-refractivity contribution in [3.8, 4) is 11.3 Å². The van der Waals surface area contributed by atoms with Crippen LogP contribution in [0.25, 0.3) is 11.3 Å². The quantitative estimate of drug-likeness (QED) is 0.359. The standard InChI is InChI=1S/C22H28FN7O2/c1-4-9-25-20-18(13-27-22(29-20)28-16-7-5-6-15(23)11-16)19-12-17(32-30-19)8-10-26-21(31)14(2)24-3/h5-7,11-14,24H,4,8-10H2,1-3H3,(H,26,31)(H2,25,27,28,29)/t14-/m0/s1. The summed E-state index contributed by atoms with van der Waals surface area (Å²) in [7, 11) is 1.73. The zero-order chi connectivity index (χ0) is 22.9. The maximum absolute atomic E-state index is 13.5. The zero-order valence-corrected chi connectivity index (χ0v) is 18.4. The molecule has 0 aliphatic rings. The Kier molecular flexibility index (Phi) is 8.09. The highest BCUT2D eigenvalue weighted by atomic mass is 19.1. The number of halogens is 1. The van der Waals surface area contributed by atoms with Gasteiger partial charge in [-0.05, 0) is 38.6 Å². The predicted molar refractivity (Wildman–Crippen MR) is 121 cm³/mol. The molecule has 1 aromatic carbocycles. The smallest absolute Gasteiger partial charge is 0.236 e. The van der Waals surface area contributed by atoms with E-state index in [0.29, 0.717) is 54.0 Å². The second-order valence-electron chi connectivity index (χ2n) is 7.25. The summed E-state index contributed by atoms with van der Waals surface area (Å²) >= 11 is 0. The van der Waals surface area contributed by atoms with E-state index in [1.165, 1.54) is 12.1 Å². The van der Waals surface area contributed by atoms with E-state index in [-0.39, 0.29) is 17.8 Å². The summed E-state index contributed by atoms with van der Waals surface area (Å²) in [6.07, 6.45) is 3.06. The van der Waals surface area contributed by atoms with Crippen LogP contribution < -0.4 is 21.3 Å². The summed E-state index contributed by atoms with van der Waals surface area (Å²) in [6, 6.07) is 7.64. The van der Waals surface area contributed by atoms with Crippen molar-refractivity contribution in [3.05, 3.63) is 48.1 Å². The first kappa shape index (κ1) is 23.1. The zero-order valence-electron chi connectivity index (χ0n) is 18.4. The molecule has 0 fully saturated rings. The molecule has 1 amide bonds. The van der Waals surface area contributed by atoms with Crippen LogP contribution >= 0.6 is 0 Å². The number of anilines is 3. The van der Waals surface area contributed by atoms with Crippen LogP contribution in [-0.2, 0) is 11.2 Å². The Bertz CT molecular complexity index is 1040. The number of carbonyl (C=O) groups excluding carboxylic acids is 1. The fourth-order valence-electron chi connectivity index (χ4n) is 2.85. The van der Waals surface area contributed by atoms with Gasteiger partial charge in [-0.25, -0.2) is 9.37 Å². The third kappa shape index (κ3) is 6.24. The molecular formula is C22H28FN7O2. The lowest BCUT2D eigenvalue weighted by Gasteiger charge is -2.11. The summed E-state index contributed by atoms with van der Waals surface area (Å²) in [5.74, 6) is 1.15. The Labute approximate surface area is 186 Å². The van der Waals surface area contributed by atoms with Gasteiger partial charge in [0, 0.05) is 37.5 Å². The van der Waals surface area contributed by atoms with Crippen LogP contribution in [0.15, 0.2) is 41.1 Å². The van der Waals surface area contributed by atoms with Gasteiger partial charge in [-0.15, -0.1) is 0 Å². The normalized spacial score (nSPS) is 11.8. The monoisotopic (exact) mass is 441 g/mol. The Morgan fingerprint density at radius 2 is 2.09 bits per heavy atom. The Morgan fingerprint density at radius 3 is 2.84 bits per heavy atom. The molecule has 0 bridgehead atoms. The van der Waals surface area contributed by atoms with Crippen LogP contribution in [0, 0.1) is 5.82 Å². The first-order chi connectivity index (χ1) is 15.5. The van der Waals surface area contributed by atoms with Crippen LogP contribution in [0.3, 0.4) is 0 Å². The van der Waals surface area contributed by atoms with E-state index >= 15 is 0 Å². The van der Waals surface area contributed by atoms with Crippen LogP contribution in [0.1, 0.15) is 26.0 Å². The first-order valence-electron chi connectivity index (χ1n) is 10.5. The number of rotatable bonds is 11. The molecule has 170 valence electrons. The van der Waals surface area contributed by atoms with E-state index in [9.17, 15) is 9.18 Å². The number of nitrogens with one attached hydrogen (secondary N) is 4. The molecule has 4 N–H and O–H groups in total. The molecule has 0 saturated heterocycles. The molecule has 32 heavy (non-hydrogen) atoms. The second-order valence-corrected chi connectivity index (χ2v) is 7.25. The minimum absolute atomic E-state index is 0.0759. The fraction of sp³-hybridized carbons (Fsp3) is 0.364. The highest BCUT2D eigenvalue weighted by Crippen LogP contribution is 2.27. The Balaban J connectivity index is 1.72. The molecule has 0 unspecified atom stereocenters. The SMILES string of the molecule is CCCNc1nc(Nc2cccc(F)c2)ncc1-c1cc(CCNC(=O)[C@H](C)NC)on1. The predicted octanol–water partition coefficient (Wildman–Crippen LogP) is 3.10. The molecule has 3 rings (SSSR count). The van der Waals surface area contributed by atoms with Crippen molar-refractivity contribution in [1.82, 2.24) is 25.8 Å². The summed E-state index contributed by atoms with van der Waals surface area (Å²) in [6.45, 7) is 4.99. The van der Waals surface area contributed by atoms with Gasteiger partial charge in [0.05, 0.1) is 11.6 Å². The van der Waals surface area contributed by atoms with E-state index in [0.717, 1.165) is 6.42 Å². The molecule has 10 heteroatoms. The molecule has 2 heterocycles. The van der Waals surface area contributed by atoms with Gasteiger partial charge >= 0.3 is 0 Å². The summed E-state index contributed by atoms with van der Waals surface area (Å²) < 4.78 is 18.9. The van der Waals surface area contributed by atoms with Crippen molar-refractivity contribution in [2.45, 2.75) is 32.7 Å². The van der Waals surface area contributed by atoms with E-state index in [4.69, 9.17) is 4.52 Å². The van der Waals surface area contributed by atoms with Gasteiger partial charge < -0.3 is 25.8 Å². The molecule has 3 aromatic rings. The number of aromatic nitrogens is 3. The minimum Gasteiger partial charge on any atom is -0.369 e. The van der Waals surface area contributed by atoms with Crippen molar-refractivity contribution >= 4 is 23.4 Å². The van der Waals surface area contributed by atoms with Crippen molar-refractivity contribution < 1.29 is 13.7 Å². The van der Waals surface area contributed by atoms with Gasteiger partial charge in [-0.1, -0.05) is 18.1 Å². The number of nitrogens with zero attached hydrogens (tertiary/aromatic N) is 3. The van der Waals surface area contributed by atoms with Gasteiger partial charge in [0.2, 0.25) is 11.9 Å². The largest absolute Gasteiger partial charge is 0.369 e. The van der Waals surface area contributed by atoms with Gasteiger partial charge in [-0.3, -0.25) is 4.79 Å². The molecule has 0 saturated carbocycles. The number of hydrogen-bond acceptors (Lipinski definition) is 8. The van der Waals surface area contributed by atoms with Gasteiger partial charge in [0.15, 0.2) is 0 Å². The molecule has 9 nitrogen and oxygen atoms in total. The van der Waals surface area contributed by atoms with E-state index in [1.807, 2.05) is 6.07 Å². The highest BCUT2D eigenvalue weighted by Gasteiger charge is 2.15. The fourth-order valence-corrected chi connectivity index (χ4v) is 2.85. The molecule has 0 aliphatic heterocycles. The second kappa shape index (κ2) is 11.2. The van der Waals surface area contributed by atoms with Crippen molar-refractivity contribution in [2.24, 2.45) is 0 Å². The lowest BCUT2D eigenvalue weighted by atomic mass is 10.2. The maximum Gasteiger partial charge on any atom is 0.236 e. The van der Waals surface area contributed by atoms with Crippen molar-refractivity contribution in [2.75, 3.05) is 30.8 Å². The molecule has 1 atom stereocenters. The third-order valence-electron chi connectivity index (χ3n) is 4.74. The third-order valence-corrected chi connectivity index (χ3v) is 4.74. The maximum atomic E-state index is 13.5. The molecule has 0 spiro atoms. The Hall–Kier alpha value is -3.53. The highest BCUT2D eigenvalue weighted by molar-refractivity contribution is 5.81. The van der Waals surface area contributed by atoms with E-state index in [1.54, 1.807) is 32.3 Å². The number of carbonyl (C=O) groups is 1. The van der Waals surface area contributed by atoms with Gasteiger partial charge in [-0.2, -0.15) is 4.98 Å². The van der Waals surface area contributed by atoms with Crippen LogP contribution in [0.2, 0.25) is 0 Å². The average molecular weight is 442 g/mol. The summed E-state index contributed by atoms with van der Waals surface area (Å²) in [4.78, 5) is 20.7. The van der Waals surface area contributed by atoms with E-state index in [2.05, 4.69) is 43.3 Å². The van der Waals surface area contributed by atoms with E-state index < -0.39 is 0 Å². The number of amides is 1. The van der Waals surface area contributed by atoms with Crippen LogP contribution in [0.5, 0.6) is 0 Å². The van der Waals surface area contributed by atoms with Gasteiger partial charge in [0.25, 0.3) is 0 Å². The summed E-state index contributed by atoms with van der Waals surface area (Å²) in [5, 5.41) is 16.2. The van der Waals surface area contributed by atoms with Gasteiger partial charge in [0.1, 0.15) is 23.1 Å². The minimum atomic E-state index is -0.345. The first-order valence-corrected chi connectivity index (χ1v) is 10.5. The molecular weight excluding hydrogens is 413 g/mol.